The van der Waals surface area contributed by atoms with Crippen LogP contribution in [0.15, 0.2) is 60.8 Å². The fourth-order valence-electron chi connectivity index (χ4n) is 3.24. The lowest BCUT2D eigenvalue weighted by Gasteiger charge is -2.09. The van der Waals surface area contributed by atoms with Crippen molar-refractivity contribution in [2.75, 3.05) is 7.11 Å². The first-order valence-corrected chi connectivity index (χ1v) is 9.20. The summed E-state index contributed by atoms with van der Waals surface area (Å²) in [5.74, 6) is 0.390. The predicted octanol–water partition coefficient (Wildman–Crippen LogP) is 4.76. The largest absolute Gasteiger partial charge is 0.465 e. The summed E-state index contributed by atoms with van der Waals surface area (Å²) in [4.78, 5) is 12.1. The third-order valence-corrected chi connectivity index (χ3v) is 4.89. The number of carbonyl (C=O) groups excluding carboxylic acids is 1. The van der Waals surface area contributed by atoms with Crippen molar-refractivity contribution in [2.45, 2.75) is 13.3 Å². The number of hydrogen-bond donors (Lipinski definition) is 0. The molecule has 0 aliphatic heterocycles. The van der Waals surface area contributed by atoms with Crippen molar-refractivity contribution in [1.82, 2.24) is 14.8 Å². The van der Waals surface area contributed by atoms with Crippen LogP contribution in [0.25, 0.3) is 16.7 Å². The third kappa shape index (κ3) is 3.49. The van der Waals surface area contributed by atoms with E-state index in [1.807, 2.05) is 42.0 Å². The molecule has 0 bridgehead atoms. The van der Waals surface area contributed by atoms with Gasteiger partial charge in [-0.2, -0.15) is 5.10 Å². The van der Waals surface area contributed by atoms with Gasteiger partial charge in [0, 0.05) is 16.6 Å². The number of aryl methyl sites for hydroxylation is 1. The zero-order chi connectivity index (χ0) is 19.7. The smallest absolute Gasteiger partial charge is 0.338 e. The molecular weight excluding hydrogens is 374 g/mol. The lowest BCUT2D eigenvalue weighted by atomic mass is 9.99. The molecule has 0 aliphatic carbocycles. The number of ether oxygens (including phenoxy) is 1. The second-order valence-electron chi connectivity index (χ2n) is 6.58. The predicted molar refractivity (Wildman–Crippen MR) is 109 cm³/mol. The number of benzene rings is 2. The van der Waals surface area contributed by atoms with Gasteiger partial charge in [-0.1, -0.05) is 23.7 Å². The van der Waals surface area contributed by atoms with E-state index >= 15 is 0 Å². The molecule has 140 valence electrons. The number of fused-ring (bicyclic) bond motifs is 1. The average molecular weight is 392 g/mol. The summed E-state index contributed by atoms with van der Waals surface area (Å²) < 4.78 is 6.89. The second-order valence-corrected chi connectivity index (χ2v) is 7.02. The number of nitrogens with zero attached hydrogens (tertiary/aromatic N) is 3. The van der Waals surface area contributed by atoms with Gasteiger partial charge in [-0.25, -0.2) is 4.79 Å². The van der Waals surface area contributed by atoms with Crippen molar-refractivity contribution in [3.63, 3.8) is 0 Å². The number of esters is 1. The maximum atomic E-state index is 12.1. The van der Waals surface area contributed by atoms with Crippen LogP contribution in [-0.4, -0.2) is 27.8 Å². The van der Waals surface area contributed by atoms with Crippen LogP contribution >= 0.6 is 11.6 Å². The molecule has 0 N–H and O–H groups in total. The monoisotopic (exact) mass is 391 g/mol. The Hall–Kier alpha value is -3.18. The first kappa shape index (κ1) is 18.2. The van der Waals surface area contributed by atoms with Crippen molar-refractivity contribution in [3.05, 3.63) is 88.2 Å². The Kier molecular flexibility index (Phi) is 4.84. The summed E-state index contributed by atoms with van der Waals surface area (Å²) >= 11 is 6.05. The van der Waals surface area contributed by atoms with E-state index in [0.717, 1.165) is 33.5 Å². The minimum atomic E-state index is -0.386. The molecule has 5 nitrogen and oxygen atoms in total. The van der Waals surface area contributed by atoms with Crippen LogP contribution < -0.4 is 0 Å². The molecular formula is C22H18ClN3O2. The van der Waals surface area contributed by atoms with Gasteiger partial charge in [0.1, 0.15) is 0 Å². The molecule has 28 heavy (non-hydrogen) atoms. The Labute approximate surface area is 167 Å². The van der Waals surface area contributed by atoms with Gasteiger partial charge in [0.05, 0.1) is 23.9 Å². The number of rotatable bonds is 4. The molecule has 6 heteroatoms. The summed E-state index contributed by atoms with van der Waals surface area (Å²) in [6, 6.07) is 17.5. The normalized spacial score (nSPS) is 11.0. The minimum Gasteiger partial charge on any atom is -0.465 e. The van der Waals surface area contributed by atoms with Gasteiger partial charge in [0.15, 0.2) is 5.82 Å². The summed E-state index contributed by atoms with van der Waals surface area (Å²) in [5.41, 5.74) is 4.38. The maximum Gasteiger partial charge on any atom is 0.338 e. The van der Waals surface area contributed by atoms with Crippen molar-refractivity contribution in [2.24, 2.45) is 0 Å². The van der Waals surface area contributed by atoms with E-state index in [1.165, 1.54) is 7.11 Å². The van der Waals surface area contributed by atoms with Crippen LogP contribution in [0.5, 0.6) is 0 Å². The Morgan fingerprint density at radius 2 is 1.93 bits per heavy atom. The quantitative estimate of drug-likeness (QED) is 0.470. The molecule has 2 heterocycles. The molecule has 0 saturated heterocycles. The molecule has 0 amide bonds. The standard InChI is InChI=1S/C22H18ClN3O2/c1-14-3-8-21(25-24-14)26-10-9-17-12-15(4-7-20(17)26)11-16-5-6-18(23)13-19(16)22(27)28-2/h3-10,12-13H,11H2,1-2H3. The Morgan fingerprint density at radius 1 is 1.07 bits per heavy atom. The van der Waals surface area contributed by atoms with Crippen molar-refractivity contribution in [1.29, 1.82) is 0 Å². The zero-order valence-electron chi connectivity index (χ0n) is 15.5. The first-order valence-electron chi connectivity index (χ1n) is 8.82. The Balaban J connectivity index is 1.69. The molecule has 2 aromatic heterocycles. The highest BCUT2D eigenvalue weighted by Crippen LogP contribution is 2.24. The highest BCUT2D eigenvalue weighted by atomic mass is 35.5. The molecule has 2 aromatic carbocycles. The SMILES string of the molecule is COC(=O)c1cc(Cl)ccc1Cc1ccc2c(ccn2-c2ccc(C)nn2)c1. The summed E-state index contributed by atoms with van der Waals surface area (Å²) in [6.07, 6.45) is 2.59. The molecule has 0 radical (unpaired) electrons. The highest BCUT2D eigenvalue weighted by Gasteiger charge is 2.14. The molecule has 0 atom stereocenters. The number of aromatic nitrogens is 3. The molecule has 4 rings (SSSR count). The molecule has 0 saturated carbocycles. The van der Waals surface area contributed by atoms with Gasteiger partial charge in [0.2, 0.25) is 0 Å². The van der Waals surface area contributed by atoms with Crippen LogP contribution in [0.3, 0.4) is 0 Å². The van der Waals surface area contributed by atoms with Crippen molar-refractivity contribution in [3.8, 4) is 5.82 Å². The zero-order valence-corrected chi connectivity index (χ0v) is 16.3. The summed E-state index contributed by atoms with van der Waals surface area (Å²) in [6.45, 7) is 1.91. The van der Waals surface area contributed by atoms with Gasteiger partial charge in [-0.15, -0.1) is 5.10 Å². The number of methoxy groups -OCH3 is 1. The third-order valence-electron chi connectivity index (χ3n) is 4.66. The van der Waals surface area contributed by atoms with Gasteiger partial charge in [0.25, 0.3) is 0 Å². The lowest BCUT2D eigenvalue weighted by molar-refractivity contribution is 0.0599. The van der Waals surface area contributed by atoms with E-state index in [9.17, 15) is 4.79 Å². The fourth-order valence-corrected chi connectivity index (χ4v) is 3.42. The van der Waals surface area contributed by atoms with E-state index in [2.05, 4.69) is 28.4 Å². The minimum absolute atomic E-state index is 0.386. The van der Waals surface area contributed by atoms with Crippen molar-refractivity contribution < 1.29 is 9.53 Å². The molecule has 0 fully saturated rings. The van der Waals surface area contributed by atoms with Crippen LogP contribution in [0.2, 0.25) is 5.02 Å². The van der Waals surface area contributed by atoms with Gasteiger partial charge in [-0.3, -0.25) is 4.57 Å². The van der Waals surface area contributed by atoms with E-state index < -0.39 is 0 Å². The van der Waals surface area contributed by atoms with Crippen LogP contribution in [0.4, 0.5) is 0 Å². The van der Waals surface area contributed by atoms with E-state index in [4.69, 9.17) is 16.3 Å². The van der Waals surface area contributed by atoms with Crippen molar-refractivity contribution >= 4 is 28.5 Å². The topological polar surface area (TPSA) is 57.0 Å². The highest BCUT2D eigenvalue weighted by molar-refractivity contribution is 6.31. The number of carbonyl (C=O) groups is 1. The summed E-state index contributed by atoms with van der Waals surface area (Å²) in [5, 5.41) is 9.99. The Bertz CT molecular complexity index is 1170. The molecule has 0 unspecified atom stereocenters. The Morgan fingerprint density at radius 3 is 2.68 bits per heavy atom. The van der Waals surface area contributed by atoms with Gasteiger partial charge < -0.3 is 4.74 Å². The van der Waals surface area contributed by atoms with Crippen LogP contribution in [0, 0.1) is 6.92 Å². The number of hydrogen-bond acceptors (Lipinski definition) is 4. The van der Waals surface area contributed by atoms with Crippen LogP contribution in [0.1, 0.15) is 27.2 Å². The maximum absolute atomic E-state index is 12.1. The van der Waals surface area contributed by atoms with Gasteiger partial charge in [-0.05, 0) is 66.9 Å². The molecule has 0 aliphatic rings. The van der Waals surface area contributed by atoms with E-state index in [1.54, 1.807) is 12.1 Å². The van der Waals surface area contributed by atoms with Gasteiger partial charge >= 0.3 is 5.97 Å². The summed E-state index contributed by atoms with van der Waals surface area (Å²) in [7, 11) is 1.37. The van der Waals surface area contributed by atoms with E-state index in [-0.39, 0.29) is 5.97 Å². The number of halogens is 1. The van der Waals surface area contributed by atoms with E-state index in [0.29, 0.717) is 17.0 Å². The first-order chi connectivity index (χ1) is 13.5. The lowest BCUT2D eigenvalue weighted by Crippen LogP contribution is -2.06. The second kappa shape index (κ2) is 7.44. The fraction of sp³-hybridized carbons (Fsp3) is 0.136. The molecule has 4 aromatic rings. The van der Waals surface area contributed by atoms with Crippen LogP contribution in [-0.2, 0) is 11.2 Å². The average Bonchev–Trinajstić information content (AvgIpc) is 3.12. The molecule has 0 spiro atoms.